The van der Waals surface area contributed by atoms with E-state index in [0.29, 0.717) is 10.3 Å². The minimum Gasteiger partial charge on any atom is -0.365 e. The summed E-state index contributed by atoms with van der Waals surface area (Å²) >= 11 is 3.20. The van der Waals surface area contributed by atoms with E-state index in [0.717, 1.165) is 19.3 Å². The lowest BCUT2D eigenvalue weighted by Crippen LogP contribution is -2.36. The van der Waals surface area contributed by atoms with Gasteiger partial charge >= 0.3 is 0 Å². The Hall–Kier alpha value is -0.880. The molecule has 1 fully saturated rings. The Balaban J connectivity index is 2.17. The van der Waals surface area contributed by atoms with Gasteiger partial charge in [-0.2, -0.15) is 0 Å². The fourth-order valence-electron chi connectivity index (χ4n) is 1.83. The lowest BCUT2D eigenvalue weighted by Gasteiger charge is -2.18. The molecule has 15 heavy (non-hydrogen) atoms. The second-order valence-electron chi connectivity index (χ2n) is 3.74. The third-order valence-electron chi connectivity index (χ3n) is 2.69. The molecule has 2 rings (SSSR count). The highest BCUT2D eigenvalue weighted by Gasteiger charge is 2.24. The SMILES string of the molecule is NC1CCCC1Nc1nc[nH]c(=O)c1Br. The van der Waals surface area contributed by atoms with Crippen LogP contribution in [0.3, 0.4) is 0 Å². The fraction of sp³-hybridized carbons (Fsp3) is 0.556. The van der Waals surface area contributed by atoms with E-state index < -0.39 is 0 Å². The number of anilines is 1. The molecule has 0 saturated heterocycles. The van der Waals surface area contributed by atoms with Gasteiger partial charge in [-0.15, -0.1) is 0 Å². The largest absolute Gasteiger partial charge is 0.365 e. The van der Waals surface area contributed by atoms with Gasteiger partial charge in [-0.25, -0.2) is 4.98 Å². The van der Waals surface area contributed by atoms with Crippen LogP contribution in [0.2, 0.25) is 0 Å². The highest BCUT2D eigenvalue weighted by molar-refractivity contribution is 9.10. The first-order chi connectivity index (χ1) is 7.18. The predicted octanol–water partition coefficient (Wildman–Crippen LogP) is 0.824. The molecule has 2 atom stereocenters. The number of hydrogen-bond donors (Lipinski definition) is 3. The molecule has 4 N–H and O–H groups in total. The van der Waals surface area contributed by atoms with Gasteiger partial charge in [0.2, 0.25) is 0 Å². The first-order valence-electron chi connectivity index (χ1n) is 4.94. The summed E-state index contributed by atoms with van der Waals surface area (Å²) in [6, 6.07) is 0.369. The van der Waals surface area contributed by atoms with E-state index in [-0.39, 0.29) is 17.6 Å². The Labute approximate surface area is 95.6 Å². The quantitative estimate of drug-likeness (QED) is 0.745. The van der Waals surface area contributed by atoms with Crippen LogP contribution in [0, 0.1) is 0 Å². The van der Waals surface area contributed by atoms with Crippen LogP contribution in [-0.4, -0.2) is 22.1 Å². The van der Waals surface area contributed by atoms with E-state index >= 15 is 0 Å². The number of nitrogens with zero attached hydrogens (tertiary/aromatic N) is 1. The molecular formula is C9H13BrN4O. The minimum atomic E-state index is -0.181. The summed E-state index contributed by atoms with van der Waals surface area (Å²) in [6.45, 7) is 0. The zero-order chi connectivity index (χ0) is 10.8. The third kappa shape index (κ3) is 2.21. The van der Waals surface area contributed by atoms with Gasteiger partial charge in [0.15, 0.2) is 0 Å². The molecule has 1 aliphatic rings. The predicted molar refractivity (Wildman–Crippen MR) is 61.8 cm³/mol. The summed E-state index contributed by atoms with van der Waals surface area (Å²) in [5.74, 6) is 0.570. The number of aromatic nitrogens is 2. The van der Waals surface area contributed by atoms with Crippen LogP contribution in [0.5, 0.6) is 0 Å². The molecule has 1 aromatic heterocycles. The molecule has 5 nitrogen and oxygen atoms in total. The molecule has 1 saturated carbocycles. The molecule has 0 aliphatic heterocycles. The van der Waals surface area contributed by atoms with Gasteiger partial charge in [0.1, 0.15) is 10.3 Å². The van der Waals surface area contributed by atoms with Crippen molar-refractivity contribution in [2.45, 2.75) is 31.3 Å². The van der Waals surface area contributed by atoms with Crippen molar-refractivity contribution in [1.82, 2.24) is 9.97 Å². The number of H-pyrrole nitrogens is 1. The van der Waals surface area contributed by atoms with Crippen LogP contribution in [0.25, 0.3) is 0 Å². The summed E-state index contributed by atoms with van der Waals surface area (Å²) in [4.78, 5) is 17.8. The van der Waals surface area contributed by atoms with Gasteiger partial charge in [0, 0.05) is 12.1 Å². The molecular weight excluding hydrogens is 260 g/mol. The zero-order valence-electron chi connectivity index (χ0n) is 8.16. The molecule has 0 amide bonds. The smallest absolute Gasteiger partial charge is 0.267 e. The standard InChI is InChI=1S/C9H13BrN4O/c10-7-8(12-4-13-9(7)15)14-6-3-1-2-5(6)11/h4-6H,1-3,11H2,(H2,12,13,14,15). The van der Waals surface area contributed by atoms with Crippen molar-refractivity contribution in [2.75, 3.05) is 5.32 Å². The Morgan fingerprint density at radius 2 is 2.40 bits per heavy atom. The average Bonchev–Trinajstić information content (AvgIpc) is 2.60. The van der Waals surface area contributed by atoms with Gasteiger partial charge < -0.3 is 16.0 Å². The molecule has 0 aromatic carbocycles. The van der Waals surface area contributed by atoms with Crippen molar-refractivity contribution < 1.29 is 0 Å². The van der Waals surface area contributed by atoms with Crippen molar-refractivity contribution in [3.63, 3.8) is 0 Å². The molecule has 6 heteroatoms. The molecule has 1 heterocycles. The zero-order valence-corrected chi connectivity index (χ0v) is 9.75. The molecule has 1 aliphatic carbocycles. The molecule has 2 unspecified atom stereocenters. The molecule has 0 radical (unpaired) electrons. The normalized spacial score (nSPS) is 25.5. The highest BCUT2D eigenvalue weighted by Crippen LogP contribution is 2.22. The maximum absolute atomic E-state index is 11.3. The van der Waals surface area contributed by atoms with Gasteiger partial charge in [0.05, 0.1) is 6.33 Å². The summed E-state index contributed by atoms with van der Waals surface area (Å²) < 4.78 is 0.434. The number of halogens is 1. The van der Waals surface area contributed by atoms with E-state index in [1.807, 2.05) is 0 Å². The lowest BCUT2D eigenvalue weighted by molar-refractivity contribution is 0.635. The monoisotopic (exact) mass is 272 g/mol. The number of nitrogens with one attached hydrogen (secondary N) is 2. The average molecular weight is 273 g/mol. The van der Waals surface area contributed by atoms with Gasteiger partial charge in [-0.3, -0.25) is 4.79 Å². The van der Waals surface area contributed by atoms with Crippen LogP contribution < -0.4 is 16.6 Å². The third-order valence-corrected chi connectivity index (χ3v) is 3.42. The summed E-state index contributed by atoms with van der Waals surface area (Å²) in [5.41, 5.74) is 5.74. The summed E-state index contributed by atoms with van der Waals surface area (Å²) in [7, 11) is 0. The first kappa shape index (κ1) is 10.6. The van der Waals surface area contributed by atoms with Crippen molar-refractivity contribution in [2.24, 2.45) is 5.73 Å². The molecule has 0 spiro atoms. The Morgan fingerprint density at radius 3 is 3.07 bits per heavy atom. The van der Waals surface area contributed by atoms with E-state index in [4.69, 9.17) is 5.73 Å². The van der Waals surface area contributed by atoms with Gasteiger partial charge in [-0.1, -0.05) is 0 Å². The van der Waals surface area contributed by atoms with Gasteiger partial charge in [-0.05, 0) is 35.2 Å². The fourth-order valence-corrected chi connectivity index (χ4v) is 2.16. The van der Waals surface area contributed by atoms with Crippen molar-refractivity contribution in [3.8, 4) is 0 Å². The Kier molecular flexibility index (Phi) is 3.06. The van der Waals surface area contributed by atoms with Crippen LogP contribution in [0.15, 0.2) is 15.6 Å². The topological polar surface area (TPSA) is 83.8 Å². The van der Waals surface area contributed by atoms with Crippen molar-refractivity contribution >= 4 is 21.7 Å². The molecule has 1 aromatic rings. The van der Waals surface area contributed by atoms with Crippen molar-refractivity contribution in [3.05, 3.63) is 21.2 Å². The second-order valence-corrected chi connectivity index (χ2v) is 4.53. The number of aromatic amines is 1. The summed E-state index contributed by atoms with van der Waals surface area (Å²) in [5, 5.41) is 3.20. The maximum atomic E-state index is 11.3. The van der Waals surface area contributed by atoms with Crippen molar-refractivity contribution in [1.29, 1.82) is 0 Å². The maximum Gasteiger partial charge on any atom is 0.267 e. The van der Waals surface area contributed by atoms with Crippen LogP contribution >= 0.6 is 15.9 Å². The highest BCUT2D eigenvalue weighted by atomic mass is 79.9. The van der Waals surface area contributed by atoms with E-state index in [1.165, 1.54) is 6.33 Å². The number of hydrogen-bond acceptors (Lipinski definition) is 4. The molecule has 82 valence electrons. The van der Waals surface area contributed by atoms with Gasteiger partial charge in [0.25, 0.3) is 5.56 Å². The summed E-state index contributed by atoms with van der Waals surface area (Å²) in [6.07, 6.45) is 4.57. The lowest BCUT2D eigenvalue weighted by atomic mass is 10.2. The van der Waals surface area contributed by atoms with Crippen LogP contribution in [-0.2, 0) is 0 Å². The van der Waals surface area contributed by atoms with Crippen LogP contribution in [0.1, 0.15) is 19.3 Å². The number of rotatable bonds is 2. The van der Waals surface area contributed by atoms with E-state index in [9.17, 15) is 4.79 Å². The Morgan fingerprint density at radius 1 is 1.60 bits per heavy atom. The first-order valence-corrected chi connectivity index (χ1v) is 5.73. The van der Waals surface area contributed by atoms with E-state index in [2.05, 4.69) is 31.2 Å². The Bertz CT molecular complexity index is 405. The van der Waals surface area contributed by atoms with E-state index in [1.54, 1.807) is 0 Å². The molecule has 0 bridgehead atoms. The number of nitrogens with two attached hydrogens (primary N) is 1. The van der Waals surface area contributed by atoms with Crippen LogP contribution in [0.4, 0.5) is 5.82 Å². The second kappa shape index (κ2) is 4.32. The minimum absolute atomic E-state index is 0.151.